The van der Waals surface area contributed by atoms with E-state index < -0.39 is 18.3 Å². The number of carbonyl (C=O) groups excluding carboxylic acids is 2. The van der Waals surface area contributed by atoms with Crippen molar-refractivity contribution in [3.05, 3.63) is 0 Å². The van der Waals surface area contributed by atoms with E-state index in [9.17, 15) is 14.4 Å². The number of nitrogens with zero attached hydrogens (tertiary/aromatic N) is 2. The normalized spacial score (nSPS) is 15.9. The molecule has 1 rings (SSSR count). The van der Waals surface area contributed by atoms with Crippen molar-refractivity contribution in [1.82, 2.24) is 9.80 Å². The van der Waals surface area contributed by atoms with Crippen LogP contribution >= 0.6 is 0 Å². The van der Waals surface area contributed by atoms with Crippen molar-refractivity contribution in [3.8, 4) is 0 Å². The van der Waals surface area contributed by atoms with Crippen molar-refractivity contribution < 1.29 is 19.5 Å². The largest absolute Gasteiger partial charge is 0.481 e. The van der Waals surface area contributed by atoms with E-state index in [-0.39, 0.29) is 18.5 Å². The number of likely N-dealkylation sites (N-methyl/N-ethyl adjacent to an activating group) is 2. The van der Waals surface area contributed by atoms with Crippen LogP contribution < -0.4 is 0 Å². The van der Waals surface area contributed by atoms with Crippen molar-refractivity contribution in [2.75, 3.05) is 20.6 Å². The van der Waals surface area contributed by atoms with E-state index in [1.54, 1.807) is 11.9 Å². The Balaban J connectivity index is 2.44. The molecule has 0 atom stereocenters. The summed E-state index contributed by atoms with van der Waals surface area (Å²) in [6.07, 6.45) is 4.93. The molecule has 6 heteroatoms. The highest BCUT2D eigenvalue weighted by atomic mass is 16.4. The van der Waals surface area contributed by atoms with Gasteiger partial charge >= 0.3 is 5.97 Å². The van der Waals surface area contributed by atoms with E-state index in [1.807, 2.05) is 0 Å². The third-order valence-corrected chi connectivity index (χ3v) is 3.62. The summed E-state index contributed by atoms with van der Waals surface area (Å²) in [5, 5.41) is 8.54. The Hall–Kier alpha value is -1.59. The van der Waals surface area contributed by atoms with Gasteiger partial charge in [-0.3, -0.25) is 14.4 Å². The molecule has 1 N–H and O–H groups in total. The summed E-state index contributed by atoms with van der Waals surface area (Å²) in [4.78, 5) is 36.8. The highest BCUT2D eigenvalue weighted by Gasteiger charge is 2.24. The second-order valence-electron chi connectivity index (χ2n) is 5.12. The van der Waals surface area contributed by atoms with Crippen LogP contribution in [0.1, 0.15) is 38.5 Å². The van der Waals surface area contributed by atoms with Gasteiger partial charge in [0.2, 0.25) is 11.8 Å². The average Bonchev–Trinajstić information content (AvgIpc) is 2.37. The van der Waals surface area contributed by atoms with Crippen molar-refractivity contribution >= 4 is 17.8 Å². The quantitative estimate of drug-likeness (QED) is 0.746. The van der Waals surface area contributed by atoms with Gasteiger partial charge in [0.15, 0.2) is 0 Å². The topological polar surface area (TPSA) is 77.9 Å². The molecule has 0 aliphatic heterocycles. The summed E-state index contributed by atoms with van der Waals surface area (Å²) in [5.74, 6) is -1.85. The smallest absolute Gasteiger partial charge is 0.312 e. The molecule has 0 aromatic heterocycles. The molecule has 0 bridgehead atoms. The molecule has 0 radical (unpaired) electrons. The molecular formula is C13H22N2O4. The van der Waals surface area contributed by atoms with Gasteiger partial charge in [0.1, 0.15) is 6.42 Å². The molecular weight excluding hydrogens is 248 g/mol. The highest BCUT2D eigenvalue weighted by Crippen LogP contribution is 2.21. The second-order valence-corrected chi connectivity index (χ2v) is 5.12. The molecule has 0 spiro atoms. The maximum atomic E-state index is 12.0. The molecule has 19 heavy (non-hydrogen) atoms. The molecule has 6 nitrogen and oxygen atoms in total. The first-order valence-corrected chi connectivity index (χ1v) is 6.63. The van der Waals surface area contributed by atoms with Crippen molar-refractivity contribution in [1.29, 1.82) is 0 Å². The summed E-state index contributed by atoms with van der Waals surface area (Å²) < 4.78 is 0. The van der Waals surface area contributed by atoms with Gasteiger partial charge in [-0.2, -0.15) is 0 Å². The molecule has 1 aliphatic rings. The monoisotopic (exact) mass is 270 g/mol. The molecule has 0 aromatic carbocycles. The molecule has 0 unspecified atom stereocenters. The molecule has 0 saturated heterocycles. The summed E-state index contributed by atoms with van der Waals surface area (Å²) in [6.45, 7) is -0.0564. The van der Waals surface area contributed by atoms with Gasteiger partial charge in [0.05, 0.1) is 6.54 Å². The Bertz CT molecular complexity index is 351. The fourth-order valence-electron chi connectivity index (χ4n) is 2.34. The summed E-state index contributed by atoms with van der Waals surface area (Å²) in [5.41, 5.74) is 0. The Morgan fingerprint density at radius 3 is 2.16 bits per heavy atom. The van der Waals surface area contributed by atoms with Crippen LogP contribution in [0.25, 0.3) is 0 Å². The van der Waals surface area contributed by atoms with E-state index >= 15 is 0 Å². The lowest BCUT2D eigenvalue weighted by Crippen LogP contribution is -2.44. The summed E-state index contributed by atoms with van der Waals surface area (Å²) in [6, 6.07) is 0.254. The number of carboxylic acids is 1. The van der Waals surface area contributed by atoms with E-state index in [4.69, 9.17) is 5.11 Å². The number of aliphatic carboxylic acids is 1. The lowest BCUT2D eigenvalue weighted by molar-refractivity contribution is -0.146. The first-order valence-electron chi connectivity index (χ1n) is 6.63. The van der Waals surface area contributed by atoms with Gasteiger partial charge in [0.25, 0.3) is 0 Å². The fourth-order valence-corrected chi connectivity index (χ4v) is 2.34. The van der Waals surface area contributed by atoms with Crippen LogP contribution in [0.15, 0.2) is 0 Å². The van der Waals surface area contributed by atoms with Crippen molar-refractivity contribution in [3.63, 3.8) is 0 Å². The number of rotatable bonds is 5. The predicted octanol–water partition coefficient (Wildman–Crippen LogP) is 0.711. The van der Waals surface area contributed by atoms with E-state index in [0.29, 0.717) is 0 Å². The molecule has 0 heterocycles. The third-order valence-electron chi connectivity index (χ3n) is 3.62. The Morgan fingerprint density at radius 1 is 1.05 bits per heavy atom. The molecule has 1 aliphatic carbocycles. The van der Waals surface area contributed by atoms with Gasteiger partial charge in [-0.25, -0.2) is 0 Å². The van der Waals surface area contributed by atoms with Crippen molar-refractivity contribution in [2.45, 2.75) is 44.6 Å². The SMILES string of the molecule is CN(CC(=O)N(C)C1CCCCC1)C(=O)CC(=O)O. The molecule has 108 valence electrons. The van der Waals surface area contributed by atoms with Gasteiger partial charge < -0.3 is 14.9 Å². The van der Waals surface area contributed by atoms with Gasteiger partial charge in [-0.15, -0.1) is 0 Å². The predicted molar refractivity (Wildman–Crippen MR) is 69.5 cm³/mol. The zero-order valence-corrected chi connectivity index (χ0v) is 11.6. The lowest BCUT2D eigenvalue weighted by atomic mass is 9.94. The van der Waals surface area contributed by atoms with Crippen molar-refractivity contribution in [2.24, 2.45) is 0 Å². The van der Waals surface area contributed by atoms with Crippen LogP contribution in [0.3, 0.4) is 0 Å². The van der Waals surface area contributed by atoms with E-state index in [2.05, 4.69) is 0 Å². The highest BCUT2D eigenvalue weighted by molar-refractivity contribution is 5.95. The minimum Gasteiger partial charge on any atom is -0.481 e. The second kappa shape index (κ2) is 7.11. The zero-order chi connectivity index (χ0) is 14.4. The molecule has 0 aromatic rings. The number of amides is 2. The Labute approximate surface area is 113 Å². The minimum atomic E-state index is -1.18. The van der Waals surface area contributed by atoms with Crippen LogP contribution in [0.5, 0.6) is 0 Å². The van der Waals surface area contributed by atoms with Crippen LogP contribution in [-0.2, 0) is 14.4 Å². The summed E-state index contributed by atoms with van der Waals surface area (Å²) >= 11 is 0. The molecule has 1 fully saturated rings. The zero-order valence-electron chi connectivity index (χ0n) is 11.6. The first-order chi connectivity index (χ1) is 8.91. The lowest BCUT2D eigenvalue weighted by Gasteiger charge is -2.32. The maximum Gasteiger partial charge on any atom is 0.312 e. The minimum absolute atomic E-state index is 0.0564. The summed E-state index contributed by atoms with van der Waals surface area (Å²) in [7, 11) is 3.21. The number of carboxylic acid groups (broad SMARTS) is 1. The molecule has 1 saturated carbocycles. The molecule has 2 amide bonds. The van der Waals surface area contributed by atoms with Crippen LogP contribution in [0.4, 0.5) is 0 Å². The van der Waals surface area contributed by atoms with Gasteiger partial charge in [-0.1, -0.05) is 19.3 Å². The average molecular weight is 270 g/mol. The van der Waals surface area contributed by atoms with Crippen LogP contribution in [-0.4, -0.2) is 59.4 Å². The van der Waals surface area contributed by atoms with Crippen LogP contribution in [0.2, 0.25) is 0 Å². The maximum absolute atomic E-state index is 12.0. The van der Waals surface area contributed by atoms with Gasteiger partial charge in [0, 0.05) is 20.1 Å². The number of hydrogen-bond acceptors (Lipinski definition) is 3. The first kappa shape index (κ1) is 15.5. The standard InChI is InChI=1S/C13H22N2O4/c1-14(11(16)8-13(18)19)9-12(17)15(2)10-6-4-3-5-7-10/h10H,3-9H2,1-2H3,(H,18,19). The fraction of sp³-hybridized carbons (Fsp3) is 0.769. The number of hydrogen-bond donors (Lipinski definition) is 1. The number of carbonyl (C=O) groups is 3. The Morgan fingerprint density at radius 2 is 1.63 bits per heavy atom. The van der Waals surface area contributed by atoms with E-state index in [1.165, 1.54) is 18.4 Å². The third kappa shape index (κ3) is 4.89. The van der Waals surface area contributed by atoms with E-state index in [0.717, 1.165) is 25.7 Å². The Kier molecular flexibility index (Phi) is 5.79. The van der Waals surface area contributed by atoms with Crippen LogP contribution in [0, 0.1) is 0 Å². The van der Waals surface area contributed by atoms with Gasteiger partial charge in [-0.05, 0) is 12.8 Å².